The van der Waals surface area contributed by atoms with E-state index in [9.17, 15) is 27.2 Å². The van der Waals surface area contributed by atoms with Gasteiger partial charge in [-0.1, -0.05) is 6.07 Å². The molecule has 33 heavy (non-hydrogen) atoms. The quantitative estimate of drug-likeness (QED) is 0.308. The van der Waals surface area contributed by atoms with Crippen molar-refractivity contribution in [3.8, 4) is 0 Å². The molecule has 4 aromatic rings. The average molecular weight is 454 g/mol. The van der Waals surface area contributed by atoms with E-state index < -0.39 is 29.4 Å². The molecule has 0 atom stereocenters. The Morgan fingerprint density at radius 2 is 1.48 bits per heavy atom. The van der Waals surface area contributed by atoms with E-state index in [1.54, 1.807) is 6.07 Å². The lowest BCUT2D eigenvalue weighted by atomic mass is 10.0. The fourth-order valence-corrected chi connectivity index (χ4v) is 3.10. The standard InChI is InChI=1S/C23H14F4N4O2/c24-18-6-5-16(31-22(33)30-15-3-1-2-14(11-15)23(25,26)27)12-17(18)21(32)13-4-7-19-20(10-13)29-9-8-28-19/h1-12H,(H2,30,31,33). The fraction of sp³-hybridized carbons (Fsp3) is 0.0435. The van der Waals surface area contributed by atoms with Crippen LogP contribution in [-0.4, -0.2) is 21.8 Å². The monoisotopic (exact) mass is 454 g/mol. The van der Waals surface area contributed by atoms with Crippen LogP contribution in [0, 0.1) is 5.82 Å². The number of ketones is 1. The van der Waals surface area contributed by atoms with Gasteiger partial charge in [0.2, 0.25) is 0 Å². The summed E-state index contributed by atoms with van der Waals surface area (Å²) in [6, 6.07) is 11.2. The molecule has 2 amide bonds. The smallest absolute Gasteiger partial charge is 0.308 e. The van der Waals surface area contributed by atoms with E-state index in [2.05, 4.69) is 20.6 Å². The van der Waals surface area contributed by atoms with Crippen LogP contribution in [-0.2, 0) is 6.18 Å². The van der Waals surface area contributed by atoms with Crippen LogP contribution in [0.5, 0.6) is 0 Å². The number of carbonyl (C=O) groups is 2. The number of hydrogen-bond donors (Lipinski definition) is 2. The first-order valence-corrected chi connectivity index (χ1v) is 9.51. The summed E-state index contributed by atoms with van der Waals surface area (Å²) in [6.07, 6.45) is -1.59. The molecule has 0 aliphatic rings. The van der Waals surface area contributed by atoms with Gasteiger partial charge < -0.3 is 10.6 Å². The van der Waals surface area contributed by atoms with Crippen LogP contribution in [0.2, 0.25) is 0 Å². The van der Waals surface area contributed by atoms with Crippen molar-refractivity contribution in [2.75, 3.05) is 10.6 Å². The second-order valence-corrected chi connectivity index (χ2v) is 6.94. The molecule has 1 aromatic heterocycles. The molecule has 166 valence electrons. The number of benzene rings is 3. The molecule has 0 aliphatic carbocycles. The number of carbonyl (C=O) groups excluding carboxylic acids is 2. The van der Waals surface area contributed by atoms with E-state index in [0.29, 0.717) is 11.0 Å². The van der Waals surface area contributed by atoms with Crippen molar-refractivity contribution in [1.29, 1.82) is 0 Å². The largest absolute Gasteiger partial charge is 0.416 e. The third-order valence-electron chi connectivity index (χ3n) is 4.65. The number of nitrogens with zero attached hydrogens (tertiary/aromatic N) is 2. The molecule has 3 aromatic carbocycles. The predicted molar refractivity (Wildman–Crippen MR) is 113 cm³/mol. The van der Waals surface area contributed by atoms with Crippen molar-refractivity contribution in [1.82, 2.24) is 9.97 Å². The summed E-state index contributed by atoms with van der Waals surface area (Å²) in [4.78, 5) is 33.3. The number of aromatic nitrogens is 2. The first-order chi connectivity index (χ1) is 15.7. The molecule has 0 aliphatic heterocycles. The van der Waals surface area contributed by atoms with Gasteiger partial charge in [0, 0.05) is 29.3 Å². The Morgan fingerprint density at radius 1 is 0.788 bits per heavy atom. The van der Waals surface area contributed by atoms with Crippen molar-refractivity contribution in [2.24, 2.45) is 0 Å². The number of rotatable bonds is 4. The lowest BCUT2D eigenvalue weighted by Gasteiger charge is -2.12. The second kappa shape index (κ2) is 8.65. The zero-order valence-electron chi connectivity index (χ0n) is 16.7. The Kier molecular flexibility index (Phi) is 5.74. The minimum atomic E-state index is -4.56. The maximum atomic E-state index is 14.4. The van der Waals surface area contributed by atoms with Gasteiger partial charge in [-0.3, -0.25) is 14.8 Å². The summed E-state index contributed by atoms with van der Waals surface area (Å²) in [5.74, 6) is -1.44. The minimum absolute atomic E-state index is 0.0739. The molecule has 1 heterocycles. The number of fused-ring (bicyclic) bond motifs is 1. The zero-order chi connectivity index (χ0) is 23.6. The lowest BCUT2D eigenvalue weighted by Crippen LogP contribution is -2.20. The van der Waals surface area contributed by atoms with Crippen LogP contribution in [0.3, 0.4) is 0 Å². The van der Waals surface area contributed by atoms with Crippen LogP contribution in [0.1, 0.15) is 21.5 Å². The SMILES string of the molecule is O=C(Nc1cccc(C(F)(F)F)c1)Nc1ccc(F)c(C(=O)c2ccc3nccnc3c2)c1. The number of hydrogen-bond acceptors (Lipinski definition) is 4. The first-order valence-electron chi connectivity index (χ1n) is 9.51. The van der Waals surface area contributed by atoms with Crippen molar-refractivity contribution in [3.63, 3.8) is 0 Å². The van der Waals surface area contributed by atoms with Gasteiger partial charge in [-0.05, 0) is 54.6 Å². The van der Waals surface area contributed by atoms with Crippen molar-refractivity contribution < 1.29 is 27.2 Å². The number of alkyl halides is 3. The third kappa shape index (κ3) is 4.95. The summed E-state index contributed by atoms with van der Waals surface area (Å²) in [7, 11) is 0. The number of nitrogens with one attached hydrogen (secondary N) is 2. The Hall–Kier alpha value is -4.34. The van der Waals surface area contributed by atoms with Crippen LogP contribution in [0.25, 0.3) is 11.0 Å². The second-order valence-electron chi connectivity index (χ2n) is 6.94. The maximum absolute atomic E-state index is 14.4. The Morgan fingerprint density at radius 3 is 2.21 bits per heavy atom. The normalized spacial score (nSPS) is 11.3. The highest BCUT2D eigenvalue weighted by Crippen LogP contribution is 2.30. The molecule has 0 saturated heterocycles. The van der Waals surface area contributed by atoms with Crippen LogP contribution < -0.4 is 10.6 Å². The summed E-state index contributed by atoms with van der Waals surface area (Å²) in [5.41, 5.74) is -0.0323. The molecule has 0 fully saturated rings. The highest BCUT2D eigenvalue weighted by molar-refractivity contribution is 6.11. The summed E-state index contributed by atoms with van der Waals surface area (Å²) < 4.78 is 52.9. The van der Waals surface area contributed by atoms with Crippen LogP contribution >= 0.6 is 0 Å². The first kappa shape index (κ1) is 21.9. The highest BCUT2D eigenvalue weighted by Gasteiger charge is 2.30. The van der Waals surface area contributed by atoms with E-state index in [-0.39, 0.29) is 22.5 Å². The van der Waals surface area contributed by atoms with Gasteiger partial charge in [0.15, 0.2) is 5.78 Å². The third-order valence-corrected chi connectivity index (χ3v) is 4.65. The molecule has 6 nitrogen and oxygen atoms in total. The van der Waals surface area contributed by atoms with Crippen LogP contribution in [0.15, 0.2) is 73.1 Å². The van der Waals surface area contributed by atoms with E-state index in [1.807, 2.05) is 0 Å². The van der Waals surface area contributed by atoms with Gasteiger partial charge in [0.1, 0.15) is 5.82 Å². The molecule has 0 spiro atoms. The molecule has 0 unspecified atom stereocenters. The van der Waals surface area contributed by atoms with Crippen molar-refractivity contribution in [3.05, 3.63) is 95.6 Å². The average Bonchev–Trinajstić information content (AvgIpc) is 2.79. The summed E-state index contributed by atoms with van der Waals surface area (Å²) in [6.45, 7) is 0. The summed E-state index contributed by atoms with van der Waals surface area (Å²) in [5, 5.41) is 4.65. The zero-order valence-corrected chi connectivity index (χ0v) is 16.7. The van der Waals surface area contributed by atoms with Crippen molar-refractivity contribution >= 4 is 34.2 Å². The number of anilines is 2. The van der Waals surface area contributed by atoms with Gasteiger partial charge in [-0.15, -0.1) is 0 Å². The predicted octanol–water partition coefficient (Wildman–Crippen LogP) is 5.66. The molecule has 0 saturated carbocycles. The fourth-order valence-electron chi connectivity index (χ4n) is 3.10. The van der Waals surface area contributed by atoms with E-state index in [0.717, 1.165) is 30.3 Å². The summed E-state index contributed by atoms with van der Waals surface area (Å²) >= 11 is 0. The lowest BCUT2D eigenvalue weighted by molar-refractivity contribution is -0.137. The molecular formula is C23H14F4N4O2. The Bertz CT molecular complexity index is 1370. The molecule has 2 N–H and O–H groups in total. The van der Waals surface area contributed by atoms with E-state index in [4.69, 9.17) is 0 Å². The van der Waals surface area contributed by atoms with E-state index >= 15 is 0 Å². The number of urea groups is 1. The van der Waals surface area contributed by atoms with Gasteiger partial charge in [0.05, 0.1) is 22.2 Å². The highest BCUT2D eigenvalue weighted by atomic mass is 19.4. The molecule has 10 heteroatoms. The van der Waals surface area contributed by atoms with Crippen LogP contribution in [0.4, 0.5) is 33.7 Å². The minimum Gasteiger partial charge on any atom is -0.308 e. The van der Waals surface area contributed by atoms with Crippen molar-refractivity contribution in [2.45, 2.75) is 6.18 Å². The number of amides is 2. The van der Waals surface area contributed by atoms with Gasteiger partial charge in [-0.25, -0.2) is 9.18 Å². The molecule has 4 rings (SSSR count). The topological polar surface area (TPSA) is 84.0 Å². The number of halogens is 4. The molecule has 0 bridgehead atoms. The Balaban J connectivity index is 1.53. The molecule has 0 radical (unpaired) electrons. The van der Waals surface area contributed by atoms with Gasteiger partial charge in [-0.2, -0.15) is 13.2 Å². The molecular weight excluding hydrogens is 440 g/mol. The Labute approximate surface area is 184 Å². The van der Waals surface area contributed by atoms with Gasteiger partial charge >= 0.3 is 12.2 Å². The van der Waals surface area contributed by atoms with Gasteiger partial charge in [0.25, 0.3) is 0 Å². The van der Waals surface area contributed by atoms with E-state index in [1.165, 1.54) is 36.7 Å². The maximum Gasteiger partial charge on any atom is 0.416 e.